The third kappa shape index (κ3) is 3.84. The standard InChI is InChI=1S/C20H29N7O2/c1-12-13(2)23-18(20(28)21-3)24-19(12)27-7-5-14(10-27)22-9-17-15-11-29-8-6-16(15)25-26(17)4/h14,22H,5-11H2,1-4H3,(H,21,28)/t14-/m1/s1. The predicted octanol–water partition coefficient (Wildman–Crippen LogP) is 0.628. The summed E-state index contributed by atoms with van der Waals surface area (Å²) in [4.78, 5) is 23.1. The van der Waals surface area contributed by atoms with Crippen molar-refractivity contribution in [2.45, 2.75) is 45.9 Å². The number of fused-ring (bicyclic) bond motifs is 1. The Morgan fingerprint density at radius 3 is 2.93 bits per heavy atom. The lowest BCUT2D eigenvalue weighted by Gasteiger charge is -2.21. The predicted molar refractivity (Wildman–Crippen MR) is 109 cm³/mol. The van der Waals surface area contributed by atoms with E-state index in [0.29, 0.717) is 12.6 Å². The van der Waals surface area contributed by atoms with Crippen LogP contribution in [0, 0.1) is 13.8 Å². The number of nitrogens with zero attached hydrogens (tertiary/aromatic N) is 5. The van der Waals surface area contributed by atoms with Gasteiger partial charge in [-0.25, -0.2) is 9.97 Å². The molecule has 0 aromatic carbocycles. The maximum absolute atomic E-state index is 12.0. The van der Waals surface area contributed by atoms with Crippen molar-refractivity contribution < 1.29 is 9.53 Å². The minimum Gasteiger partial charge on any atom is -0.376 e. The number of aromatic nitrogens is 4. The molecule has 156 valence electrons. The van der Waals surface area contributed by atoms with E-state index >= 15 is 0 Å². The number of hydrogen-bond donors (Lipinski definition) is 2. The first-order valence-electron chi connectivity index (χ1n) is 10.1. The van der Waals surface area contributed by atoms with Crippen molar-refractivity contribution in [1.82, 2.24) is 30.4 Å². The summed E-state index contributed by atoms with van der Waals surface area (Å²) in [5.74, 6) is 0.821. The minimum absolute atomic E-state index is 0.225. The van der Waals surface area contributed by atoms with Crippen LogP contribution in [0.2, 0.25) is 0 Å². The molecule has 0 spiro atoms. The van der Waals surface area contributed by atoms with Gasteiger partial charge in [-0.15, -0.1) is 0 Å². The molecule has 1 saturated heterocycles. The van der Waals surface area contributed by atoms with Crippen molar-refractivity contribution in [1.29, 1.82) is 0 Å². The van der Waals surface area contributed by atoms with E-state index in [4.69, 9.17) is 4.74 Å². The highest BCUT2D eigenvalue weighted by atomic mass is 16.5. The summed E-state index contributed by atoms with van der Waals surface area (Å²) in [7, 11) is 3.60. The van der Waals surface area contributed by atoms with Gasteiger partial charge in [0.25, 0.3) is 5.91 Å². The molecule has 0 aliphatic carbocycles. The van der Waals surface area contributed by atoms with Crippen molar-refractivity contribution in [3.05, 3.63) is 34.0 Å². The molecule has 1 fully saturated rings. The smallest absolute Gasteiger partial charge is 0.288 e. The number of carbonyl (C=O) groups is 1. The first-order chi connectivity index (χ1) is 14.0. The molecule has 0 unspecified atom stereocenters. The Labute approximate surface area is 170 Å². The van der Waals surface area contributed by atoms with Crippen LogP contribution >= 0.6 is 0 Å². The lowest BCUT2D eigenvalue weighted by Crippen LogP contribution is -2.34. The molecule has 2 aliphatic rings. The van der Waals surface area contributed by atoms with Gasteiger partial charge in [0, 0.05) is 63.0 Å². The van der Waals surface area contributed by atoms with E-state index < -0.39 is 0 Å². The number of nitrogens with one attached hydrogen (secondary N) is 2. The minimum atomic E-state index is -0.258. The molecule has 0 bridgehead atoms. The Hall–Kier alpha value is -2.52. The van der Waals surface area contributed by atoms with Gasteiger partial charge < -0.3 is 20.3 Å². The number of rotatable bonds is 5. The molecule has 4 rings (SSSR count). The van der Waals surface area contributed by atoms with Crippen molar-refractivity contribution >= 4 is 11.7 Å². The van der Waals surface area contributed by atoms with Crippen LogP contribution in [-0.4, -0.2) is 58.4 Å². The second-order valence-corrected chi connectivity index (χ2v) is 7.77. The van der Waals surface area contributed by atoms with Gasteiger partial charge in [-0.05, 0) is 20.3 Å². The normalized spacial score (nSPS) is 18.8. The van der Waals surface area contributed by atoms with E-state index in [9.17, 15) is 4.79 Å². The van der Waals surface area contributed by atoms with Crippen molar-refractivity contribution in [2.75, 3.05) is 31.6 Å². The molecule has 1 atom stereocenters. The maximum atomic E-state index is 12.0. The second-order valence-electron chi connectivity index (χ2n) is 7.77. The second kappa shape index (κ2) is 8.08. The number of aryl methyl sites for hydroxylation is 2. The number of amides is 1. The highest BCUT2D eigenvalue weighted by Gasteiger charge is 2.27. The zero-order valence-electron chi connectivity index (χ0n) is 17.6. The fraction of sp³-hybridized carbons (Fsp3) is 0.600. The summed E-state index contributed by atoms with van der Waals surface area (Å²) < 4.78 is 7.60. The van der Waals surface area contributed by atoms with Crippen LogP contribution in [0.5, 0.6) is 0 Å². The van der Waals surface area contributed by atoms with Crippen molar-refractivity contribution in [2.24, 2.45) is 7.05 Å². The number of carbonyl (C=O) groups excluding carboxylic acids is 1. The summed E-state index contributed by atoms with van der Waals surface area (Å²) in [6.45, 7) is 7.86. The largest absolute Gasteiger partial charge is 0.376 e. The average Bonchev–Trinajstić information content (AvgIpc) is 3.31. The van der Waals surface area contributed by atoms with Gasteiger partial charge in [0.2, 0.25) is 5.82 Å². The number of ether oxygens (including phenoxy) is 1. The number of anilines is 1. The molecule has 1 amide bonds. The highest BCUT2D eigenvalue weighted by molar-refractivity contribution is 5.90. The zero-order valence-corrected chi connectivity index (χ0v) is 17.6. The van der Waals surface area contributed by atoms with Crippen LogP contribution in [0.1, 0.15) is 45.2 Å². The highest BCUT2D eigenvalue weighted by Crippen LogP contribution is 2.25. The Morgan fingerprint density at radius 2 is 2.14 bits per heavy atom. The maximum Gasteiger partial charge on any atom is 0.288 e. The quantitative estimate of drug-likeness (QED) is 0.761. The van der Waals surface area contributed by atoms with Crippen LogP contribution in [-0.2, 0) is 31.4 Å². The van der Waals surface area contributed by atoms with Gasteiger partial charge in [-0.1, -0.05) is 0 Å². The van der Waals surface area contributed by atoms with E-state index in [1.54, 1.807) is 7.05 Å². The van der Waals surface area contributed by atoms with E-state index in [-0.39, 0.29) is 11.7 Å². The van der Waals surface area contributed by atoms with Gasteiger partial charge >= 0.3 is 0 Å². The van der Waals surface area contributed by atoms with E-state index in [2.05, 4.69) is 30.6 Å². The van der Waals surface area contributed by atoms with Crippen molar-refractivity contribution in [3.63, 3.8) is 0 Å². The molecular weight excluding hydrogens is 370 g/mol. The Balaban J connectivity index is 1.44. The molecule has 2 aromatic rings. The van der Waals surface area contributed by atoms with Crippen LogP contribution in [0.4, 0.5) is 5.82 Å². The van der Waals surface area contributed by atoms with Gasteiger partial charge in [-0.2, -0.15) is 5.10 Å². The fourth-order valence-electron chi connectivity index (χ4n) is 4.09. The topological polar surface area (TPSA) is 97.2 Å². The van der Waals surface area contributed by atoms with Crippen molar-refractivity contribution in [3.8, 4) is 0 Å². The van der Waals surface area contributed by atoms with Gasteiger partial charge in [0.05, 0.1) is 24.6 Å². The number of hydrogen-bond acceptors (Lipinski definition) is 7. The molecule has 0 radical (unpaired) electrons. The summed E-state index contributed by atoms with van der Waals surface area (Å²) in [6, 6.07) is 0.350. The molecule has 9 heteroatoms. The van der Waals surface area contributed by atoms with Crippen LogP contribution in [0.25, 0.3) is 0 Å². The van der Waals surface area contributed by atoms with E-state index in [0.717, 1.165) is 61.9 Å². The van der Waals surface area contributed by atoms with Gasteiger partial charge in [0.15, 0.2) is 0 Å². The van der Waals surface area contributed by atoms with Gasteiger partial charge in [-0.3, -0.25) is 9.48 Å². The van der Waals surface area contributed by atoms with Crippen LogP contribution < -0.4 is 15.5 Å². The zero-order chi connectivity index (χ0) is 20.5. The van der Waals surface area contributed by atoms with Crippen LogP contribution in [0.3, 0.4) is 0 Å². The Morgan fingerprint density at radius 1 is 1.31 bits per heavy atom. The summed E-state index contributed by atoms with van der Waals surface area (Å²) in [6.07, 6.45) is 1.91. The molecule has 2 N–H and O–H groups in total. The lowest BCUT2D eigenvalue weighted by atomic mass is 10.1. The third-order valence-electron chi connectivity index (χ3n) is 5.93. The fourth-order valence-corrected chi connectivity index (χ4v) is 4.09. The van der Waals surface area contributed by atoms with E-state index in [1.165, 1.54) is 11.3 Å². The van der Waals surface area contributed by atoms with E-state index in [1.807, 2.05) is 25.6 Å². The molecule has 9 nitrogen and oxygen atoms in total. The lowest BCUT2D eigenvalue weighted by molar-refractivity contribution is 0.0952. The SMILES string of the molecule is CNC(=O)c1nc(C)c(C)c(N2CC[C@@H](NCc3c4c(nn3C)CCOC4)C2)n1. The first-order valence-corrected chi connectivity index (χ1v) is 10.1. The monoisotopic (exact) mass is 399 g/mol. The first kappa shape index (κ1) is 19.8. The Kier molecular flexibility index (Phi) is 5.51. The molecule has 0 saturated carbocycles. The molecule has 4 heterocycles. The Bertz CT molecular complexity index is 924. The summed E-state index contributed by atoms with van der Waals surface area (Å²) in [5, 5.41) is 10.9. The molecule has 2 aromatic heterocycles. The molecule has 2 aliphatic heterocycles. The average molecular weight is 399 g/mol. The van der Waals surface area contributed by atoms with Crippen LogP contribution in [0.15, 0.2) is 0 Å². The molecular formula is C20H29N7O2. The van der Waals surface area contributed by atoms with Gasteiger partial charge in [0.1, 0.15) is 5.82 Å². The third-order valence-corrected chi connectivity index (χ3v) is 5.93. The summed E-state index contributed by atoms with van der Waals surface area (Å²) >= 11 is 0. The summed E-state index contributed by atoms with van der Waals surface area (Å²) in [5.41, 5.74) is 5.47. The molecule has 29 heavy (non-hydrogen) atoms.